The summed E-state index contributed by atoms with van der Waals surface area (Å²) in [5.74, 6) is 5.89. The number of nitrogens with two attached hydrogens (primary N) is 2. The van der Waals surface area contributed by atoms with Gasteiger partial charge in [0.25, 0.3) is 5.91 Å². The maximum Gasteiger partial charge on any atom is 0.271 e. The van der Waals surface area contributed by atoms with Crippen LogP contribution >= 0.6 is 11.3 Å². The third-order valence-electron chi connectivity index (χ3n) is 7.08. The zero-order valence-electron chi connectivity index (χ0n) is 24.6. The summed E-state index contributed by atoms with van der Waals surface area (Å²) in [6, 6.07) is 5.90. The zero-order valence-corrected chi connectivity index (χ0v) is 25.4. The molecule has 10 nitrogen and oxygen atoms in total. The molecule has 0 fully saturated rings. The highest BCUT2D eigenvalue weighted by Gasteiger charge is 2.30. The van der Waals surface area contributed by atoms with Crippen molar-refractivity contribution >= 4 is 29.0 Å². The quantitative estimate of drug-likeness (QED) is 0.101. The second kappa shape index (κ2) is 16.2. The molecule has 0 aliphatic heterocycles. The van der Waals surface area contributed by atoms with Crippen LogP contribution in [-0.2, 0) is 16.0 Å². The normalized spacial score (nSPS) is 14.9. The molecule has 0 aliphatic carbocycles. The molecule has 0 aliphatic rings. The Morgan fingerprint density at radius 3 is 2.45 bits per heavy atom. The number of carbonyl (C=O) groups is 2. The van der Waals surface area contributed by atoms with Crippen LogP contribution in [0.1, 0.15) is 87.5 Å². The van der Waals surface area contributed by atoms with E-state index in [9.17, 15) is 14.7 Å². The Hall–Kier alpha value is -3.18. The Balaban J connectivity index is 2.22. The lowest BCUT2D eigenvalue weighted by molar-refractivity contribution is -0.134. The number of aromatic nitrogens is 1. The van der Waals surface area contributed by atoms with Gasteiger partial charge in [-0.3, -0.25) is 9.59 Å². The van der Waals surface area contributed by atoms with Crippen LogP contribution in [0.15, 0.2) is 34.7 Å². The molecule has 0 saturated heterocycles. The molecule has 2 unspecified atom stereocenters. The Morgan fingerprint density at radius 2 is 1.88 bits per heavy atom. The topological polar surface area (TPSA) is 156 Å². The van der Waals surface area contributed by atoms with Gasteiger partial charge in [0.05, 0.1) is 6.04 Å². The number of thiazole rings is 1. The maximum atomic E-state index is 13.2. The average Bonchev–Trinajstić information content (AvgIpc) is 3.43. The van der Waals surface area contributed by atoms with E-state index in [4.69, 9.17) is 16.3 Å². The highest BCUT2D eigenvalue weighted by molar-refractivity contribution is 7.09. The third-order valence-corrected chi connectivity index (χ3v) is 8.01. The molecular formula is C29H46N6O4S. The van der Waals surface area contributed by atoms with Crippen LogP contribution in [0.4, 0.5) is 0 Å². The molecule has 1 aromatic heterocycles. The number of amidine groups is 1. The highest BCUT2D eigenvalue weighted by Crippen LogP contribution is 2.31. The van der Waals surface area contributed by atoms with Gasteiger partial charge in [-0.1, -0.05) is 53.2 Å². The molecular weight excluding hydrogens is 528 g/mol. The first kappa shape index (κ1) is 33.0. The summed E-state index contributed by atoms with van der Waals surface area (Å²) < 4.78 is 6.21. The standard InChI is InChI=1S/C29H46N6O4S/c1-7-13-39-25(16-24(18(3)4)35(6)26(37)14-19(5)8-2)29-33-23(17-40-29)28(38)32-22(27(30)34-31)15-20-9-11-21(36)12-10-20/h9-12,17-19,22,24-25,36H,7-8,13-16,31H2,1-6H3,(H2,30,34)(H,32,38)/t19-,22-,24?,25?/m0/s1. The smallest absolute Gasteiger partial charge is 0.271 e. The van der Waals surface area contributed by atoms with Crippen molar-refractivity contribution in [3.8, 4) is 5.75 Å². The summed E-state index contributed by atoms with van der Waals surface area (Å²) in [6.45, 7) is 11.0. The number of hydrogen-bond donors (Lipinski definition) is 4. The van der Waals surface area contributed by atoms with E-state index in [-0.39, 0.29) is 41.2 Å². The highest BCUT2D eigenvalue weighted by atomic mass is 32.1. The van der Waals surface area contributed by atoms with Crippen LogP contribution in [-0.4, -0.2) is 58.4 Å². The predicted octanol–water partition coefficient (Wildman–Crippen LogP) is 4.20. The van der Waals surface area contributed by atoms with Crippen molar-refractivity contribution in [3.63, 3.8) is 0 Å². The molecule has 2 aromatic rings. The summed E-state index contributed by atoms with van der Waals surface area (Å²) in [4.78, 5) is 32.7. The molecule has 6 N–H and O–H groups in total. The Morgan fingerprint density at radius 1 is 1.20 bits per heavy atom. The molecule has 4 atom stereocenters. The lowest BCUT2D eigenvalue weighted by Crippen LogP contribution is -2.46. The van der Waals surface area contributed by atoms with Gasteiger partial charge >= 0.3 is 0 Å². The van der Waals surface area contributed by atoms with Crippen molar-refractivity contribution in [1.82, 2.24) is 15.2 Å². The molecule has 0 spiro atoms. The molecule has 0 bridgehead atoms. The Bertz CT molecular complexity index is 1100. The van der Waals surface area contributed by atoms with Gasteiger partial charge in [-0.05, 0) is 42.4 Å². The largest absolute Gasteiger partial charge is 0.508 e. The Kier molecular flexibility index (Phi) is 13.4. The molecule has 40 heavy (non-hydrogen) atoms. The number of hydrazone groups is 1. The predicted molar refractivity (Wildman–Crippen MR) is 160 cm³/mol. The van der Waals surface area contributed by atoms with Gasteiger partial charge in [-0.2, -0.15) is 5.10 Å². The van der Waals surface area contributed by atoms with Crippen LogP contribution in [0.3, 0.4) is 0 Å². The summed E-state index contributed by atoms with van der Waals surface area (Å²) in [7, 11) is 1.87. The maximum absolute atomic E-state index is 13.2. The van der Waals surface area contributed by atoms with Crippen molar-refractivity contribution in [3.05, 3.63) is 45.9 Å². The van der Waals surface area contributed by atoms with E-state index in [2.05, 4.69) is 43.1 Å². The van der Waals surface area contributed by atoms with Gasteiger partial charge in [0, 0.05) is 37.9 Å². The van der Waals surface area contributed by atoms with Gasteiger partial charge in [0.15, 0.2) is 0 Å². The fourth-order valence-corrected chi connectivity index (χ4v) is 5.19. The van der Waals surface area contributed by atoms with Gasteiger partial charge in [-0.15, -0.1) is 11.3 Å². The molecule has 1 aromatic carbocycles. The number of nitrogens with zero attached hydrogens (tertiary/aromatic N) is 3. The van der Waals surface area contributed by atoms with Crippen molar-refractivity contribution in [1.29, 1.82) is 0 Å². The summed E-state index contributed by atoms with van der Waals surface area (Å²) in [6.07, 6.45) is 2.85. The van der Waals surface area contributed by atoms with Crippen molar-refractivity contribution < 1.29 is 19.4 Å². The van der Waals surface area contributed by atoms with E-state index >= 15 is 0 Å². The van der Waals surface area contributed by atoms with Crippen LogP contribution in [0.25, 0.3) is 0 Å². The van der Waals surface area contributed by atoms with Gasteiger partial charge in [0.1, 0.15) is 28.4 Å². The number of aromatic hydroxyl groups is 1. The lowest BCUT2D eigenvalue weighted by Gasteiger charge is -2.34. The van der Waals surface area contributed by atoms with Crippen molar-refractivity contribution in [2.45, 2.75) is 84.9 Å². The number of phenols is 1. The third kappa shape index (κ3) is 9.78. The van der Waals surface area contributed by atoms with Crippen molar-refractivity contribution in [2.75, 3.05) is 13.7 Å². The van der Waals surface area contributed by atoms with Gasteiger partial charge in [-0.25, -0.2) is 4.98 Å². The average molecular weight is 575 g/mol. The van der Waals surface area contributed by atoms with Crippen LogP contribution in [0.5, 0.6) is 5.75 Å². The van der Waals surface area contributed by atoms with E-state index in [1.54, 1.807) is 29.6 Å². The molecule has 222 valence electrons. The zero-order chi connectivity index (χ0) is 29.8. The number of carbonyl (C=O) groups excluding carboxylic acids is 2. The minimum Gasteiger partial charge on any atom is -0.508 e. The minimum absolute atomic E-state index is 0.0464. The fourth-order valence-electron chi connectivity index (χ4n) is 4.33. The van der Waals surface area contributed by atoms with E-state index in [0.717, 1.165) is 18.4 Å². The first-order valence-electron chi connectivity index (χ1n) is 13.9. The van der Waals surface area contributed by atoms with Gasteiger partial charge < -0.3 is 31.6 Å². The molecule has 2 rings (SSSR count). The number of nitrogens with one attached hydrogen (secondary N) is 1. The number of ether oxygens (including phenoxy) is 1. The molecule has 0 radical (unpaired) electrons. The fraction of sp³-hybridized carbons (Fsp3) is 0.586. The Labute approximate surface area is 242 Å². The number of amides is 2. The minimum atomic E-state index is -0.658. The summed E-state index contributed by atoms with van der Waals surface area (Å²) in [5, 5.41) is 18.4. The second-order valence-corrected chi connectivity index (χ2v) is 11.5. The van der Waals surface area contributed by atoms with E-state index in [0.29, 0.717) is 36.8 Å². The number of benzene rings is 1. The first-order valence-corrected chi connectivity index (χ1v) is 14.8. The number of phenolic OH excluding ortho intramolecular Hbond substituents is 1. The van der Waals surface area contributed by atoms with E-state index in [1.807, 2.05) is 18.9 Å². The molecule has 0 saturated carbocycles. The second-order valence-electron chi connectivity index (χ2n) is 10.7. The molecule has 1 heterocycles. The van der Waals surface area contributed by atoms with Crippen LogP contribution < -0.4 is 16.9 Å². The monoisotopic (exact) mass is 574 g/mol. The summed E-state index contributed by atoms with van der Waals surface area (Å²) in [5.41, 5.74) is 7.08. The van der Waals surface area contributed by atoms with E-state index < -0.39 is 11.9 Å². The number of rotatable bonds is 16. The molecule has 11 heteroatoms. The SMILES string of the molecule is CCCOC(CC(C(C)C)N(C)C(=O)C[C@@H](C)CC)c1nc(C(=O)N[C@@H](Cc2ccc(O)cc2)/C(N)=N/N)cs1. The van der Waals surface area contributed by atoms with Crippen LogP contribution in [0.2, 0.25) is 0 Å². The van der Waals surface area contributed by atoms with E-state index in [1.165, 1.54) is 11.3 Å². The van der Waals surface area contributed by atoms with Gasteiger partial charge in [0.2, 0.25) is 5.91 Å². The lowest BCUT2D eigenvalue weighted by atomic mass is 9.95. The first-order chi connectivity index (χ1) is 19.0. The summed E-state index contributed by atoms with van der Waals surface area (Å²) >= 11 is 1.36. The van der Waals surface area contributed by atoms with Crippen molar-refractivity contribution in [2.24, 2.45) is 28.5 Å². The van der Waals surface area contributed by atoms with Crippen LogP contribution in [0, 0.1) is 11.8 Å². The molecule has 2 amide bonds. The number of hydrogen-bond acceptors (Lipinski definition) is 8.